The van der Waals surface area contributed by atoms with Crippen LogP contribution >= 0.6 is 0 Å². The number of fused-ring (bicyclic) bond motifs is 3. The molecule has 0 saturated heterocycles. The largest absolute Gasteiger partial charge is 0.398 e. The third-order valence-electron chi connectivity index (χ3n) is 2.46. The Morgan fingerprint density at radius 1 is 1.43 bits per heavy atom. The molecule has 1 aliphatic carbocycles. The molecule has 1 aliphatic rings. The van der Waals surface area contributed by atoms with E-state index in [9.17, 15) is 0 Å². The molecule has 68 valence electrons. The van der Waals surface area contributed by atoms with Gasteiger partial charge in [0, 0.05) is 29.2 Å². The number of allylic oxidation sites excluding steroid dienone is 1. The summed E-state index contributed by atoms with van der Waals surface area (Å²) in [4.78, 5) is 7.33. The van der Waals surface area contributed by atoms with Crippen LogP contribution in [0, 0.1) is 5.41 Å². The number of nitrogens with zero attached hydrogens (tertiary/aromatic N) is 1. The topological polar surface area (TPSA) is 78.6 Å². The van der Waals surface area contributed by atoms with E-state index in [0.717, 1.165) is 22.2 Å². The van der Waals surface area contributed by atoms with Crippen LogP contribution in [0.3, 0.4) is 0 Å². The third-order valence-corrected chi connectivity index (χ3v) is 2.46. The van der Waals surface area contributed by atoms with Crippen molar-refractivity contribution < 1.29 is 0 Å². The lowest BCUT2D eigenvalue weighted by Gasteiger charge is -2.01. The Balaban J connectivity index is 2.51. The van der Waals surface area contributed by atoms with E-state index in [2.05, 4.69) is 9.97 Å². The van der Waals surface area contributed by atoms with Crippen molar-refractivity contribution in [3.8, 4) is 0 Å². The van der Waals surface area contributed by atoms with Crippen LogP contribution in [-0.2, 0) is 0 Å². The van der Waals surface area contributed by atoms with Crippen molar-refractivity contribution in [2.75, 3.05) is 0 Å². The van der Waals surface area contributed by atoms with Gasteiger partial charge in [-0.15, -0.1) is 0 Å². The van der Waals surface area contributed by atoms with Crippen molar-refractivity contribution in [1.29, 1.82) is 5.41 Å². The van der Waals surface area contributed by atoms with Crippen LogP contribution in [0.2, 0.25) is 0 Å². The van der Waals surface area contributed by atoms with Gasteiger partial charge in [-0.2, -0.15) is 0 Å². The van der Waals surface area contributed by atoms with Gasteiger partial charge in [0.1, 0.15) is 0 Å². The average Bonchev–Trinajstić information content (AvgIpc) is 2.71. The monoisotopic (exact) mass is 184 g/mol. The van der Waals surface area contributed by atoms with Crippen molar-refractivity contribution in [2.24, 2.45) is 5.73 Å². The number of nitrogens with two attached hydrogens (primary N) is 1. The molecule has 0 aliphatic heterocycles. The minimum Gasteiger partial charge on any atom is -0.398 e. The van der Waals surface area contributed by atoms with E-state index in [-0.39, 0.29) is 0 Å². The highest BCUT2D eigenvalue weighted by Crippen LogP contribution is 2.28. The zero-order chi connectivity index (χ0) is 9.71. The number of rotatable bonds is 0. The highest BCUT2D eigenvalue weighted by atomic mass is 14.8. The van der Waals surface area contributed by atoms with Gasteiger partial charge in [-0.05, 0) is 12.1 Å². The van der Waals surface area contributed by atoms with Crippen LogP contribution < -0.4 is 5.73 Å². The smallest absolute Gasteiger partial charge is 0.0886 e. The van der Waals surface area contributed by atoms with Crippen LogP contribution in [0.25, 0.3) is 16.7 Å². The van der Waals surface area contributed by atoms with Gasteiger partial charge in [0.05, 0.1) is 16.7 Å². The first kappa shape index (κ1) is 7.32. The van der Waals surface area contributed by atoms with Crippen LogP contribution in [-0.4, -0.2) is 15.7 Å². The summed E-state index contributed by atoms with van der Waals surface area (Å²) in [5.74, 6) is 0. The van der Waals surface area contributed by atoms with Crippen molar-refractivity contribution in [2.45, 2.75) is 0 Å². The molecule has 0 spiro atoms. The molecular weight excluding hydrogens is 176 g/mol. The molecule has 14 heavy (non-hydrogen) atoms. The minimum atomic E-state index is 0.432. The molecule has 0 radical (unpaired) electrons. The lowest BCUT2D eigenvalue weighted by atomic mass is 10.1. The van der Waals surface area contributed by atoms with Crippen molar-refractivity contribution >= 4 is 22.4 Å². The molecule has 4 heteroatoms. The molecule has 4 N–H and O–H groups in total. The fraction of sp³-hybridized carbons (Fsp3) is 0. The Bertz CT molecular complexity index is 577. The van der Waals surface area contributed by atoms with Gasteiger partial charge in [0.2, 0.25) is 0 Å². The van der Waals surface area contributed by atoms with Gasteiger partial charge in [0.25, 0.3) is 0 Å². The summed E-state index contributed by atoms with van der Waals surface area (Å²) in [6.45, 7) is 0. The SMILES string of the molecule is N=C1C=C(N)c2c1cnc1cc[nH]c21. The zero-order valence-corrected chi connectivity index (χ0v) is 7.33. The van der Waals surface area contributed by atoms with E-state index in [1.807, 2.05) is 12.3 Å². The van der Waals surface area contributed by atoms with E-state index in [0.29, 0.717) is 11.4 Å². The van der Waals surface area contributed by atoms with Gasteiger partial charge in [-0.25, -0.2) is 0 Å². The first-order chi connectivity index (χ1) is 6.77. The molecule has 2 aromatic rings. The van der Waals surface area contributed by atoms with Crippen LogP contribution in [0.4, 0.5) is 0 Å². The summed E-state index contributed by atoms with van der Waals surface area (Å²) < 4.78 is 0. The molecule has 2 aromatic heterocycles. The standard InChI is InChI=1S/C10H8N4/c11-6-3-7(12)9-5(6)4-14-8-1-2-13-10(8)9/h1-4,11,13H,12H2. The molecule has 0 bridgehead atoms. The van der Waals surface area contributed by atoms with Crippen LogP contribution in [0.5, 0.6) is 0 Å². The Morgan fingerprint density at radius 2 is 2.29 bits per heavy atom. The maximum Gasteiger partial charge on any atom is 0.0886 e. The highest BCUT2D eigenvalue weighted by Gasteiger charge is 2.20. The molecule has 0 saturated carbocycles. The molecule has 0 unspecified atom stereocenters. The number of hydrogen-bond acceptors (Lipinski definition) is 3. The first-order valence-corrected chi connectivity index (χ1v) is 4.30. The van der Waals surface area contributed by atoms with Crippen molar-refractivity contribution in [1.82, 2.24) is 9.97 Å². The fourth-order valence-corrected chi connectivity index (χ4v) is 1.81. The number of aromatic amines is 1. The summed E-state index contributed by atoms with van der Waals surface area (Å²) in [6, 6.07) is 1.89. The summed E-state index contributed by atoms with van der Waals surface area (Å²) in [6.07, 6.45) is 5.18. The highest BCUT2D eigenvalue weighted by molar-refractivity contribution is 6.20. The summed E-state index contributed by atoms with van der Waals surface area (Å²) in [5, 5.41) is 7.68. The van der Waals surface area contributed by atoms with Gasteiger partial charge in [-0.3, -0.25) is 4.98 Å². The Kier molecular flexibility index (Phi) is 1.16. The Hall–Kier alpha value is -2.10. The maximum atomic E-state index is 7.68. The first-order valence-electron chi connectivity index (χ1n) is 4.30. The molecular formula is C10H8N4. The number of hydrogen-bond donors (Lipinski definition) is 3. The summed E-state index contributed by atoms with van der Waals surface area (Å²) in [7, 11) is 0. The van der Waals surface area contributed by atoms with E-state index in [1.165, 1.54) is 0 Å². The third kappa shape index (κ3) is 0.724. The molecule has 0 fully saturated rings. The second kappa shape index (κ2) is 2.23. The van der Waals surface area contributed by atoms with Gasteiger partial charge < -0.3 is 16.1 Å². The molecule has 4 nitrogen and oxygen atoms in total. The number of pyridine rings is 1. The van der Waals surface area contributed by atoms with Gasteiger partial charge in [0.15, 0.2) is 0 Å². The van der Waals surface area contributed by atoms with Crippen LogP contribution in [0.1, 0.15) is 11.1 Å². The molecule has 0 atom stereocenters. The maximum absolute atomic E-state index is 7.68. The number of nitrogens with one attached hydrogen (secondary N) is 2. The fourth-order valence-electron chi connectivity index (χ4n) is 1.81. The second-order valence-corrected chi connectivity index (χ2v) is 3.30. The molecule has 0 amide bonds. The molecule has 3 rings (SSSR count). The second-order valence-electron chi connectivity index (χ2n) is 3.30. The zero-order valence-electron chi connectivity index (χ0n) is 7.33. The van der Waals surface area contributed by atoms with E-state index < -0.39 is 0 Å². The number of H-pyrrole nitrogens is 1. The molecule has 2 heterocycles. The van der Waals surface area contributed by atoms with Crippen molar-refractivity contribution in [3.05, 3.63) is 35.7 Å². The van der Waals surface area contributed by atoms with Gasteiger partial charge in [-0.1, -0.05) is 0 Å². The van der Waals surface area contributed by atoms with Gasteiger partial charge >= 0.3 is 0 Å². The van der Waals surface area contributed by atoms with E-state index in [4.69, 9.17) is 11.1 Å². The van der Waals surface area contributed by atoms with Crippen molar-refractivity contribution in [3.63, 3.8) is 0 Å². The summed E-state index contributed by atoms with van der Waals surface area (Å²) in [5.41, 5.74) is 10.4. The van der Waals surface area contributed by atoms with E-state index >= 15 is 0 Å². The lowest BCUT2D eigenvalue weighted by Crippen LogP contribution is -1.97. The predicted octanol–water partition coefficient (Wildman–Crippen LogP) is 1.24. The Labute approximate surface area is 80.0 Å². The Morgan fingerprint density at radius 3 is 3.14 bits per heavy atom. The predicted molar refractivity (Wildman–Crippen MR) is 55.1 cm³/mol. The minimum absolute atomic E-state index is 0.432. The van der Waals surface area contributed by atoms with E-state index in [1.54, 1.807) is 12.3 Å². The average molecular weight is 184 g/mol. The van der Waals surface area contributed by atoms with Crippen LogP contribution in [0.15, 0.2) is 24.5 Å². The number of aromatic nitrogens is 2. The quantitative estimate of drug-likeness (QED) is 0.576. The normalized spacial score (nSPS) is 14.6. The lowest BCUT2D eigenvalue weighted by molar-refractivity contribution is 1.36. The molecule has 0 aromatic carbocycles. The summed E-state index contributed by atoms with van der Waals surface area (Å²) >= 11 is 0.